The van der Waals surface area contributed by atoms with Crippen molar-refractivity contribution < 1.29 is 9.13 Å². The van der Waals surface area contributed by atoms with Gasteiger partial charge in [-0.15, -0.1) is 0 Å². The number of aromatic nitrogens is 1. The number of nitrogens with one attached hydrogen (secondary N) is 1. The van der Waals surface area contributed by atoms with E-state index in [-0.39, 0.29) is 11.6 Å². The number of halogens is 1. The molecule has 0 amide bonds. The summed E-state index contributed by atoms with van der Waals surface area (Å²) in [6, 6.07) is 6.67. The summed E-state index contributed by atoms with van der Waals surface area (Å²) >= 11 is 0. The lowest BCUT2D eigenvalue weighted by Gasteiger charge is -2.09. The van der Waals surface area contributed by atoms with Crippen molar-refractivity contribution in [2.24, 2.45) is 5.84 Å². The number of hydrogen-bond acceptors (Lipinski definition) is 4. The van der Waals surface area contributed by atoms with Gasteiger partial charge in [-0.1, -0.05) is 12.1 Å². The standard InChI is InChI=1S/C13H14FN3O/c1-8-4-3-5-11(13(8)14)18-12-6-9(2)10(17-15)7-16-12/h3-7,17H,15H2,1-2H3. The molecule has 0 atom stereocenters. The number of hydrogen-bond donors (Lipinski definition) is 2. The van der Waals surface area contributed by atoms with E-state index >= 15 is 0 Å². The van der Waals surface area contributed by atoms with Gasteiger partial charge in [0.05, 0.1) is 11.9 Å². The number of nitrogens with zero attached hydrogens (tertiary/aromatic N) is 1. The van der Waals surface area contributed by atoms with Crippen LogP contribution in [0.1, 0.15) is 11.1 Å². The molecule has 0 saturated carbocycles. The average molecular weight is 247 g/mol. The second-order valence-electron chi connectivity index (χ2n) is 3.97. The Hall–Kier alpha value is -2.14. The van der Waals surface area contributed by atoms with Crippen LogP contribution in [0, 0.1) is 19.7 Å². The van der Waals surface area contributed by atoms with Gasteiger partial charge in [0.2, 0.25) is 5.88 Å². The highest BCUT2D eigenvalue weighted by molar-refractivity contribution is 5.49. The minimum absolute atomic E-state index is 0.162. The number of nitrogen functional groups attached to an aromatic ring is 1. The van der Waals surface area contributed by atoms with Gasteiger partial charge in [0, 0.05) is 6.07 Å². The van der Waals surface area contributed by atoms with Crippen LogP contribution in [0.15, 0.2) is 30.5 Å². The van der Waals surface area contributed by atoms with Crippen molar-refractivity contribution in [3.05, 3.63) is 47.4 Å². The van der Waals surface area contributed by atoms with E-state index in [1.165, 1.54) is 0 Å². The zero-order valence-corrected chi connectivity index (χ0v) is 10.2. The summed E-state index contributed by atoms with van der Waals surface area (Å²) in [6.07, 6.45) is 1.54. The van der Waals surface area contributed by atoms with Gasteiger partial charge in [-0.25, -0.2) is 9.37 Å². The molecule has 0 unspecified atom stereocenters. The maximum Gasteiger partial charge on any atom is 0.219 e. The van der Waals surface area contributed by atoms with Crippen LogP contribution in [0.5, 0.6) is 11.6 Å². The summed E-state index contributed by atoms with van der Waals surface area (Å²) in [5.41, 5.74) is 4.62. The highest BCUT2D eigenvalue weighted by Crippen LogP contribution is 2.26. The molecule has 1 heterocycles. The average Bonchev–Trinajstić information content (AvgIpc) is 2.35. The summed E-state index contributed by atoms with van der Waals surface area (Å²) < 4.78 is 19.2. The minimum Gasteiger partial charge on any atom is -0.436 e. The number of pyridine rings is 1. The third kappa shape index (κ3) is 2.41. The number of benzene rings is 1. The van der Waals surface area contributed by atoms with Gasteiger partial charge in [0.1, 0.15) is 0 Å². The van der Waals surface area contributed by atoms with Crippen LogP contribution < -0.4 is 16.0 Å². The maximum absolute atomic E-state index is 13.7. The van der Waals surface area contributed by atoms with Crippen LogP contribution in [0.25, 0.3) is 0 Å². The van der Waals surface area contributed by atoms with Crippen molar-refractivity contribution in [2.45, 2.75) is 13.8 Å². The number of aryl methyl sites for hydroxylation is 2. The monoisotopic (exact) mass is 247 g/mol. The third-order valence-electron chi connectivity index (χ3n) is 2.61. The zero-order chi connectivity index (χ0) is 13.1. The fraction of sp³-hybridized carbons (Fsp3) is 0.154. The summed E-state index contributed by atoms with van der Waals surface area (Å²) in [5.74, 6) is 5.42. The first kappa shape index (κ1) is 12.3. The van der Waals surface area contributed by atoms with E-state index in [0.717, 1.165) is 5.56 Å². The third-order valence-corrected chi connectivity index (χ3v) is 2.61. The fourth-order valence-electron chi connectivity index (χ4n) is 1.55. The van der Waals surface area contributed by atoms with E-state index in [4.69, 9.17) is 10.6 Å². The van der Waals surface area contributed by atoms with E-state index in [1.54, 1.807) is 37.4 Å². The van der Waals surface area contributed by atoms with E-state index in [1.807, 2.05) is 6.92 Å². The van der Waals surface area contributed by atoms with Gasteiger partial charge in [-0.3, -0.25) is 5.84 Å². The van der Waals surface area contributed by atoms with Gasteiger partial charge in [0.15, 0.2) is 11.6 Å². The number of rotatable bonds is 3. The van der Waals surface area contributed by atoms with Crippen LogP contribution in [0.4, 0.5) is 10.1 Å². The second-order valence-corrected chi connectivity index (χ2v) is 3.97. The molecule has 94 valence electrons. The molecule has 4 nitrogen and oxygen atoms in total. The topological polar surface area (TPSA) is 60.2 Å². The molecule has 5 heteroatoms. The highest BCUT2D eigenvalue weighted by Gasteiger charge is 2.08. The smallest absolute Gasteiger partial charge is 0.219 e. The largest absolute Gasteiger partial charge is 0.436 e. The summed E-state index contributed by atoms with van der Waals surface area (Å²) in [4.78, 5) is 4.05. The Morgan fingerprint density at radius 2 is 2.06 bits per heavy atom. The van der Waals surface area contributed by atoms with Crippen molar-refractivity contribution >= 4 is 5.69 Å². The van der Waals surface area contributed by atoms with E-state index in [0.29, 0.717) is 17.1 Å². The van der Waals surface area contributed by atoms with Crippen LogP contribution in [0.2, 0.25) is 0 Å². The van der Waals surface area contributed by atoms with E-state index in [2.05, 4.69) is 10.4 Å². The minimum atomic E-state index is -0.377. The molecule has 0 radical (unpaired) electrons. The fourth-order valence-corrected chi connectivity index (χ4v) is 1.55. The van der Waals surface area contributed by atoms with Crippen LogP contribution >= 0.6 is 0 Å². The Balaban J connectivity index is 2.29. The predicted molar refractivity (Wildman–Crippen MR) is 68.0 cm³/mol. The molecule has 0 aliphatic heterocycles. The first-order chi connectivity index (χ1) is 8.61. The van der Waals surface area contributed by atoms with Crippen molar-refractivity contribution in [3.63, 3.8) is 0 Å². The van der Waals surface area contributed by atoms with Crippen LogP contribution in [-0.2, 0) is 0 Å². The Kier molecular flexibility index (Phi) is 3.43. The number of nitrogens with two attached hydrogens (primary N) is 1. The maximum atomic E-state index is 13.7. The zero-order valence-electron chi connectivity index (χ0n) is 10.2. The molecule has 1 aromatic carbocycles. The lowest BCUT2D eigenvalue weighted by molar-refractivity contribution is 0.425. The normalized spacial score (nSPS) is 10.2. The molecule has 0 fully saturated rings. The van der Waals surface area contributed by atoms with Crippen LogP contribution in [0.3, 0.4) is 0 Å². The molecule has 0 spiro atoms. The van der Waals surface area contributed by atoms with Gasteiger partial charge < -0.3 is 10.2 Å². The summed E-state index contributed by atoms with van der Waals surface area (Å²) in [5, 5.41) is 0. The van der Waals surface area contributed by atoms with Gasteiger partial charge >= 0.3 is 0 Å². The molecule has 0 bridgehead atoms. The molecule has 2 rings (SSSR count). The number of hydrazine groups is 1. The molecule has 0 aliphatic carbocycles. The van der Waals surface area contributed by atoms with Gasteiger partial charge in [0.25, 0.3) is 0 Å². The van der Waals surface area contributed by atoms with Crippen LogP contribution in [-0.4, -0.2) is 4.98 Å². The molecule has 0 saturated heterocycles. The van der Waals surface area contributed by atoms with Crippen molar-refractivity contribution in [2.75, 3.05) is 5.43 Å². The van der Waals surface area contributed by atoms with Gasteiger partial charge in [-0.2, -0.15) is 0 Å². The SMILES string of the molecule is Cc1cc(Oc2cccc(C)c2F)ncc1NN. The molecule has 18 heavy (non-hydrogen) atoms. The van der Waals surface area contributed by atoms with Crippen molar-refractivity contribution in [1.29, 1.82) is 0 Å². The van der Waals surface area contributed by atoms with E-state index in [9.17, 15) is 4.39 Å². The molecule has 0 aliphatic rings. The number of anilines is 1. The van der Waals surface area contributed by atoms with Crippen molar-refractivity contribution in [1.82, 2.24) is 4.98 Å². The quantitative estimate of drug-likeness (QED) is 0.646. The molecule has 1 aromatic heterocycles. The second kappa shape index (κ2) is 5.01. The lowest BCUT2D eigenvalue weighted by Crippen LogP contribution is -2.08. The lowest BCUT2D eigenvalue weighted by atomic mass is 10.2. The Labute approximate surface area is 105 Å². The molecule has 2 aromatic rings. The molecular formula is C13H14FN3O. The highest BCUT2D eigenvalue weighted by atomic mass is 19.1. The summed E-state index contributed by atoms with van der Waals surface area (Å²) in [6.45, 7) is 3.54. The first-order valence-corrected chi connectivity index (χ1v) is 5.48. The Morgan fingerprint density at radius 1 is 1.28 bits per heavy atom. The molecular weight excluding hydrogens is 233 g/mol. The predicted octanol–water partition coefficient (Wildman–Crippen LogP) is 2.92. The molecule has 3 N–H and O–H groups in total. The van der Waals surface area contributed by atoms with Crippen molar-refractivity contribution in [3.8, 4) is 11.6 Å². The first-order valence-electron chi connectivity index (χ1n) is 5.48. The Morgan fingerprint density at radius 3 is 2.72 bits per heavy atom. The van der Waals surface area contributed by atoms with Gasteiger partial charge in [-0.05, 0) is 31.0 Å². The number of ether oxygens (including phenoxy) is 1. The summed E-state index contributed by atoms with van der Waals surface area (Å²) in [7, 11) is 0. The Bertz CT molecular complexity index is 572. The van der Waals surface area contributed by atoms with E-state index < -0.39 is 0 Å².